The largest absolute Gasteiger partial charge is 0.522 e. The van der Waals surface area contributed by atoms with Crippen LogP contribution in [0.2, 0.25) is 0 Å². The van der Waals surface area contributed by atoms with Gasteiger partial charge in [-0.1, -0.05) is 0 Å². The van der Waals surface area contributed by atoms with E-state index in [1.807, 2.05) is 0 Å². The molecule has 0 fully saturated rings. The molecule has 0 bridgehead atoms. The van der Waals surface area contributed by atoms with E-state index in [0.29, 0.717) is 5.69 Å². The van der Waals surface area contributed by atoms with Gasteiger partial charge in [-0.3, -0.25) is 4.74 Å². The smallest absolute Gasteiger partial charge is 0.489 e. The van der Waals surface area contributed by atoms with Crippen molar-refractivity contribution in [3.8, 4) is 5.75 Å². The molecule has 0 saturated carbocycles. The summed E-state index contributed by atoms with van der Waals surface area (Å²) in [5, 5.41) is 8.82. The summed E-state index contributed by atoms with van der Waals surface area (Å²) >= 11 is 0. The van der Waals surface area contributed by atoms with Gasteiger partial charge in [0.2, 0.25) is 0 Å². The first-order chi connectivity index (χ1) is 8.29. The number of carbonyl (C=O) groups is 1. The fourth-order valence-electron chi connectivity index (χ4n) is 1.12. The highest BCUT2D eigenvalue weighted by molar-refractivity contribution is 5.88. The number of aromatic carboxylic acids is 1. The molecule has 1 heterocycles. The van der Waals surface area contributed by atoms with Crippen LogP contribution in [0.1, 0.15) is 16.2 Å². The van der Waals surface area contributed by atoms with Crippen molar-refractivity contribution >= 4 is 5.97 Å². The molecular weight excluding hydrogens is 255 g/mol. The van der Waals surface area contributed by atoms with E-state index >= 15 is 0 Å². The van der Waals surface area contributed by atoms with Crippen LogP contribution in [0, 0.1) is 6.92 Å². The summed E-state index contributed by atoms with van der Waals surface area (Å²) in [6, 6.07) is 2.83. The molecule has 1 aromatic heterocycles. The van der Waals surface area contributed by atoms with Crippen molar-refractivity contribution < 1.29 is 32.5 Å². The minimum absolute atomic E-state index is 0.0983. The number of carboxylic acids is 1. The SMILES string of the molecule is Cc1ccc(OCCOC(F)(F)F)c(C(=O)O)n1. The summed E-state index contributed by atoms with van der Waals surface area (Å²) in [5.41, 5.74) is 0.119. The molecule has 0 saturated heterocycles. The van der Waals surface area contributed by atoms with E-state index in [4.69, 9.17) is 9.84 Å². The van der Waals surface area contributed by atoms with Gasteiger partial charge in [-0.05, 0) is 19.1 Å². The van der Waals surface area contributed by atoms with E-state index in [2.05, 4.69) is 9.72 Å². The zero-order valence-corrected chi connectivity index (χ0v) is 9.32. The normalized spacial score (nSPS) is 11.3. The van der Waals surface area contributed by atoms with Crippen LogP contribution in [0.4, 0.5) is 13.2 Å². The molecule has 0 amide bonds. The lowest BCUT2D eigenvalue weighted by Gasteiger charge is -2.10. The number of halogens is 3. The maximum absolute atomic E-state index is 11.7. The Morgan fingerprint density at radius 2 is 2.06 bits per heavy atom. The first-order valence-corrected chi connectivity index (χ1v) is 4.84. The monoisotopic (exact) mass is 265 g/mol. The van der Waals surface area contributed by atoms with Crippen LogP contribution in [-0.2, 0) is 4.74 Å². The average molecular weight is 265 g/mol. The fourth-order valence-corrected chi connectivity index (χ4v) is 1.12. The third-order valence-corrected chi connectivity index (χ3v) is 1.81. The van der Waals surface area contributed by atoms with Crippen molar-refractivity contribution in [2.45, 2.75) is 13.3 Å². The predicted octanol–water partition coefficient (Wildman–Crippen LogP) is 2.00. The highest BCUT2D eigenvalue weighted by Crippen LogP contribution is 2.18. The molecule has 18 heavy (non-hydrogen) atoms. The number of alkyl halides is 3. The lowest BCUT2D eigenvalue weighted by molar-refractivity contribution is -0.325. The second-order valence-corrected chi connectivity index (χ2v) is 3.25. The molecule has 0 aromatic carbocycles. The van der Waals surface area contributed by atoms with Crippen molar-refractivity contribution in [1.29, 1.82) is 0 Å². The highest BCUT2D eigenvalue weighted by atomic mass is 19.4. The zero-order chi connectivity index (χ0) is 13.8. The van der Waals surface area contributed by atoms with Crippen molar-refractivity contribution in [2.24, 2.45) is 0 Å². The molecule has 0 atom stereocenters. The Kier molecular flexibility index (Phi) is 4.49. The number of ether oxygens (including phenoxy) is 2. The van der Waals surface area contributed by atoms with Crippen LogP contribution in [0.3, 0.4) is 0 Å². The Morgan fingerprint density at radius 1 is 1.39 bits per heavy atom. The van der Waals surface area contributed by atoms with Crippen LogP contribution in [0.25, 0.3) is 0 Å². The average Bonchev–Trinajstić information content (AvgIpc) is 2.24. The lowest BCUT2D eigenvalue weighted by atomic mass is 10.3. The van der Waals surface area contributed by atoms with E-state index in [0.717, 1.165) is 0 Å². The molecule has 1 N–H and O–H groups in total. The van der Waals surface area contributed by atoms with Crippen molar-refractivity contribution in [2.75, 3.05) is 13.2 Å². The third-order valence-electron chi connectivity index (χ3n) is 1.81. The summed E-state index contributed by atoms with van der Waals surface area (Å²) in [6.45, 7) is 0.434. The lowest BCUT2D eigenvalue weighted by Crippen LogP contribution is -2.19. The molecule has 0 unspecified atom stereocenters. The van der Waals surface area contributed by atoms with E-state index in [9.17, 15) is 18.0 Å². The Hall–Kier alpha value is -1.83. The van der Waals surface area contributed by atoms with Gasteiger partial charge in [0, 0.05) is 5.69 Å². The number of hydrogen-bond donors (Lipinski definition) is 1. The number of hydrogen-bond acceptors (Lipinski definition) is 4. The van der Waals surface area contributed by atoms with Gasteiger partial charge in [-0.2, -0.15) is 0 Å². The Bertz CT molecular complexity index is 434. The van der Waals surface area contributed by atoms with Crippen molar-refractivity contribution in [3.05, 3.63) is 23.5 Å². The molecule has 0 radical (unpaired) electrons. The Morgan fingerprint density at radius 3 is 2.61 bits per heavy atom. The van der Waals surface area contributed by atoms with Crippen LogP contribution in [0.5, 0.6) is 5.75 Å². The van der Waals surface area contributed by atoms with Gasteiger partial charge in [0.1, 0.15) is 6.61 Å². The highest BCUT2D eigenvalue weighted by Gasteiger charge is 2.28. The quantitative estimate of drug-likeness (QED) is 0.825. The number of nitrogens with zero attached hydrogens (tertiary/aromatic N) is 1. The Labute approximate surface area is 100 Å². The number of carboxylic acid groups (broad SMARTS) is 1. The second kappa shape index (κ2) is 5.67. The molecular formula is C10H10F3NO4. The van der Waals surface area contributed by atoms with E-state index < -0.39 is 25.5 Å². The van der Waals surface area contributed by atoms with Crippen LogP contribution >= 0.6 is 0 Å². The van der Waals surface area contributed by atoms with Gasteiger partial charge < -0.3 is 9.84 Å². The van der Waals surface area contributed by atoms with E-state index in [1.54, 1.807) is 6.92 Å². The zero-order valence-electron chi connectivity index (χ0n) is 9.32. The molecule has 1 rings (SSSR count). The van der Waals surface area contributed by atoms with Gasteiger partial charge in [0.15, 0.2) is 11.4 Å². The molecule has 8 heteroatoms. The Balaban J connectivity index is 2.59. The van der Waals surface area contributed by atoms with E-state index in [1.165, 1.54) is 12.1 Å². The second-order valence-electron chi connectivity index (χ2n) is 3.25. The first kappa shape index (κ1) is 14.2. The topological polar surface area (TPSA) is 68.7 Å². The molecule has 5 nitrogen and oxygen atoms in total. The summed E-state index contributed by atoms with van der Waals surface area (Å²) in [7, 11) is 0. The molecule has 0 spiro atoms. The number of aromatic nitrogens is 1. The summed E-state index contributed by atoms with van der Waals surface area (Å²) in [4.78, 5) is 14.5. The number of aryl methyl sites for hydroxylation is 1. The molecule has 0 aliphatic rings. The van der Waals surface area contributed by atoms with Gasteiger partial charge in [0.05, 0.1) is 6.61 Å². The minimum Gasteiger partial charge on any atom is -0.489 e. The van der Waals surface area contributed by atoms with Gasteiger partial charge >= 0.3 is 12.3 Å². The maximum atomic E-state index is 11.7. The van der Waals surface area contributed by atoms with Crippen molar-refractivity contribution in [1.82, 2.24) is 4.98 Å². The molecule has 0 aliphatic carbocycles. The van der Waals surface area contributed by atoms with Crippen molar-refractivity contribution in [3.63, 3.8) is 0 Å². The molecule has 100 valence electrons. The fraction of sp³-hybridized carbons (Fsp3) is 0.400. The van der Waals surface area contributed by atoms with Gasteiger partial charge in [0.25, 0.3) is 0 Å². The van der Waals surface area contributed by atoms with Gasteiger partial charge in [-0.25, -0.2) is 9.78 Å². The summed E-state index contributed by atoms with van der Waals surface area (Å²) in [5.74, 6) is -1.41. The summed E-state index contributed by atoms with van der Waals surface area (Å²) < 4.78 is 43.3. The molecule has 0 aliphatic heterocycles. The first-order valence-electron chi connectivity index (χ1n) is 4.84. The van der Waals surface area contributed by atoms with Crippen LogP contribution in [0.15, 0.2) is 12.1 Å². The third kappa shape index (κ3) is 4.58. The molecule has 1 aromatic rings. The minimum atomic E-state index is -4.73. The van der Waals surface area contributed by atoms with Crippen LogP contribution < -0.4 is 4.74 Å². The van der Waals surface area contributed by atoms with Gasteiger partial charge in [-0.15, -0.1) is 13.2 Å². The number of pyridine rings is 1. The van der Waals surface area contributed by atoms with Crippen LogP contribution in [-0.4, -0.2) is 35.6 Å². The standard InChI is InChI=1S/C10H10F3NO4/c1-6-2-3-7(8(14-6)9(15)16)17-4-5-18-10(11,12)13/h2-3H,4-5H2,1H3,(H,15,16). The maximum Gasteiger partial charge on any atom is 0.522 e. The summed E-state index contributed by atoms with van der Waals surface area (Å²) in [6.07, 6.45) is -4.73. The predicted molar refractivity (Wildman–Crippen MR) is 53.4 cm³/mol. The number of rotatable bonds is 5. The van der Waals surface area contributed by atoms with E-state index in [-0.39, 0.29) is 11.4 Å².